The zero-order chi connectivity index (χ0) is 20.1. The fraction of sp³-hybridized carbons (Fsp3) is 0.111. The van der Waals surface area contributed by atoms with Crippen LogP contribution < -0.4 is 8.12 Å². The van der Waals surface area contributed by atoms with E-state index in [4.69, 9.17) is 10.2 Å². The second kappa shape index (κ2) is 12.6. The molecule has 0 spiro atoms. The van der Waals surface area contributed by atoms with Gasteiger partial charge in [0.1, 0.15) is 0 Å². The average Bonchev–Trinajstić information content (AvgIpc) is 3.28. The molecule has 9 heteroatoms. The van der Waals surface area contributed by atoms with Crippen LogP contribution in [0, 0.1) is 0 Å². The summed E-state index contributed by atoms with van der Waals surface area (Å²) < 4.78 is 6.60. The van der Waals surface area contributed by atoms with E-state index in [9.17, 15) is 19.2 Å². The van der Waals surface area contributed by atoms with Gasteiger partial charge < -0.3 is 10.2 Å². The van der Waals surface area contributed by atoms with Crippen molar-refractivity contribution < 1.29 is 47.0 Å². The van der Waals surface area contributed by atoms with Crippen LogP contribution in [-0.4, -0.2) is 47.8 Å². The maximum absolute atomic E-state index is 10.4. The molecule has 2 aromatic rings. The topological polar surface area (TPSA) is 133 Å². The van der Waals surface area contributed by atoms with Gasteiger partial charge in [-0.25, -0.2) is 9.59 Å². The van der Waals surface area contributed by atoms with Crippen molar-refractivity contribution in [1.82, 2.24) is 8.12 Å². The van der Waals surface area contributed by atoms with Gasteiger partial charge in [0.25, 0.3) is 0 Å². The van der Waals surface area contributed by atoms with Crippen molar-refractivity contribution in [1.29, 1.82) is 0 Å². The van der Waals surface area contributed by atoms with Crippen LogP contribution in [0.15, 0.2) is 48.5 Å². The Morgan fingerprint density at radius 1 is 0.778 bits per heavy atom. The molecule has 138 valence electrons. The SMILES string of the molecule is C1C[NH][Zn][NH]1.O=Cc1ccccc1C(=O)O.O=Cc1ccccc1C(=O)O. The van der Waals surface area contributed by atoms with E-state index in [1.807, 2.05) is 0 Å². The number of carboxylic acid groups (broad SMARTS) is 2. The molecule has 1 aliphatic rings. The quantitative estimate of drug-likeness (QED) is 0.429. The Kier molecular flexibility index (Phi) is 10.4. The first-order chi connectivity index (χ1) is 13.0. The van der Waals surface area contributed by atoms with Crippen LogP contribution in [0.25, 0.3) is 0 Å². The van der Waals surface area contributed by atoms with Gasteiger partial charge in [-0.15, -0.1) is 0 Å². The maximum atomic E-state index is 10.4. The van der Waals surface area contributed by atoms with Crippen molar-refractivity contribution >= 4 is 24.5 Å². The molecule has 3 rings (SSSR count). The van der Waals surface area contributed by atoms with Crippen molar-refractivity contribution in [3.8, 4) is 0 Å². The number of hydrogen-bond donors (Lipinski definition) is 4. The third-order valence-electron chi connectivity index (χ3n) is 3.36. The Bertz CT molecular complexity index is 724. The zero-order valence-corrected chi connectivity index (χ0v) is 17.4. The minimum absolute atomic E-state index is 0.0440. The van der Waals surface area contributed by atoms with Crippen LogP contribution in [0.3, 0.4) is 0 Å². The normalized spacial score (nSPS) is 11.3. The molecule has 0 aromatic heterocycles. The minimum Gasteiger partial charge on any atom is -0.478 e. The Balaban J connectivity index is 0.000000216. The van der Waals surface area contributed by atoms with E-state index in [0.29, 0.717) is 12.6 Å². The van der Waals surface area contributed by atoms with E-state index in [2.05, 4.69) is 8.12 Å². The Morgan fingerprint density at radius 2 is 1.15 bits per heavy atom. The fourth-order valence-electron chi connectivity index (χ4n) is 2.03. The molecule has 0 atom stereocenters. The van der Waals surface area contributed by atoms with E-state index in [0.717, 1.165) is 0 Å². The molecule has 1 saturated heterocycles. The van der Waals surface area contributed by atoms with Gasteiger partial charge in [-0.3, -0.25) is 9.59 Å². The van der Waals surface area contributed by atoms with Crippen LogP contribution in [0.5, 0.6) is 0 Å². The molecule has 1 heterocycles. The first-order valence-corrected chi connectivity index (χ1v) is 10.9. The van der Waals surface area contributed by atoms with E-state index < -0.39 is 11.9 Å². The Labute approximate surface area is 163 Å². The monoisotopic (exact) mass is 422 g/mol. The summed E-state index contributed by atoms with van der Waals surface area (Å²) in [5, 5.41) is 17.1. The van der Waals surface area contributed by atoms with E-state index in [-0.39, 0.29) is 39.9 Å². The van der Waals surface area contributed by atoms with Crippen LogP contribution in [0.4, 0.5) is 0 Å². The number of carbonyl (C=O) groups is 4. The smallest absolute Gasteiger partial charge is 0.336 e. The molecule has 0 saturated carbocycles. The fourth-order valence-corrected chi connectivity index (χ4v) is 3.89. The summed E-state index contributed by atoms with van der Waals surface area (Å²) in [6.07, 6.45) is 1.06. The van der Waals surface area contributed by atoms with Crippen molar-refractivity contribution in [3.05, 3.63) is 70.8 Å². The number of carbonyl (C=O) groups excluding carboxylic acids is 2. The van der Waals surface area contributed by atoms with E-state index >= 15 is 0 Å². The zero-order valence-electron chi connectivity index (χ0n) is 14.4. The first-order valence-electron chi connectivity index (χ1n) is 7.97. The number of aromatic carboxylic acids is 2. The molecule has 0 bridgehead atoms. The van der Waals surface area contributed by atoms with Crippen molar-refractivity contribution in [2.24, 2.45) is 0 Å². The van der Waals surface area contributed by atoms with Gasteiger partial charge in [-0.2, -0.15) is 0 Å². The first kappa shape index (κ1) is 22.3. The van der Waals surface area contributed by atoms with Crippen molar-refractivity contribution in [2.75, 3.05) is 13.1 Å². The molecule has 4 N–H and O–H groups in total. The van der Waals surface area contributed by atoms with Gasteiger partial charge >= 0.3 is 50.8 Å². The molecule has 8 nitrogen and oxygen atoms in total. The standard InChI is InChI=1S/2C8H6O3.C2H6N2.Zn/c2*9-5-6-3-1-2-4-7(6)8(10)11;3-1-2-4;/h2*1-5H,(H,10,11);3-4H,1-2H2;/q;;-2;+2. The summed E-state index contributed by atoms with van der Waals surface area (Å²) in [6, 6.07) is 12.1. The molecule has 2 aromatic carbocycles. The van der Waals surface area contributed by atoms with Gasteiger partial charge in [0, 0.05) is 11.1 Å². The number of hydrogen-bond acceptors (Lipinski definition) is 6. The summed E-state index contributed by atoms with van der Waals surface area (Å²) >= 11 is -0.292. The van der Waals surface area contributed by atoms with Crippen LogP contribution >= 0.6 is 0 Å². The molecule has 27 heavy (non-hydrogen) atoms. The maximum Gasteiger partial charge on any atom is 0.336 e. The number of rotatable bonds is 4. The van der Waals surface area contributed by atoms with Gasteiger partial charge in [-0.1, -0.05) is 36.4 Å². The number of nitrogens with one attached hydrogen (secondary N) is 2. The number of aldehydes is 2. The predicted octanol–water partition coefficient (Wildman–Crippen LogP) is 1.49. The number of carboxylic acids is 2. The minimum atomic E-state index is -1.08. The van der Waals surface area contributed by atoms with Crippen molar-refractivity contribution in [2.45, 2.75) is 0 Å². The molecule has 0 unspecified atom stereocenters. The van der Waals surface area contributed by atoms with Gasteiger partial charge in [-0.05, 0) is 12.1 Å². The summed E-state index contributed by atoms with van der Waals surface area (Å²) in [5.74, 6) is -2.15. The summed E-state index contributed by atoms with van der Waals surface area (Å²) in [4.78, 5) is 41.4. The molecule has 0 aliphatic carbocycles. The third kappa shape index (κ3) is 8.00. The summed E-state index contributed by atoms with van der Waals surface area (Å²) in [6.45, 7) is 2.44. The van der Waals surface area contributed by atoms with E-state index in [1.165, 1.54) is 37.4 Å². The molecule has 0 amide bonds. The van der Waals surface area contributed by atoms with Crippen LogP contribution in [0.2, 0.25) is 0 Å². The van der Waals surface area contributed by atoms with Gasteiger partial charge in [0.15, 0.2) is 12.6 Å². The number of benzene rings is 2. The second-order valence-electron chi connectivity index (χ2n) is 5.20. The summed E-state index contributed by atoms with van der Waals surface area (Å²) in [5.41, 5.74) is 0.505. The van der Waals surface area contributed by atoms with Crippen LogP contribution in [0.1, 0.15) is 41.4 Å². The van der Waals surface area contributed by atoms with Gasteiger partial charge in [0.2, 0.25) is 0 Å². The predicted molar refractivity (Wildman–Crippen MR) is 93.6 cm³/mol. The summed E-state index contributed by atoms with van der Waals surface area (Å²) in [7, 11) is 0. The van der Waals surface area contributed by atoms with Crippen molar-refractivity contribution in [3.63, 3.8) is 0 Å². The van der Waals surface area contributed by atoms with E-state index in [1.54, 1.807) is 24.3 Å². The molecule has 1 aliphatic heterocycles. The largest absolute Gasteiger partial charge is 0.478 e. The van der Waals surface area contributed by atoms with Gasteiger partial charge in [0.05, 0.1) is 11.1 Å². The molecular formula is C18H18N2O6Zn. The Morgan fingerprint density at radius 3 is 1.37 bits per heavy atom. The molecule has 0 radical (unpaired) electrons. The van der Waals surface area contributed by atoms with Crippen LogP contribution in [-0.2, 0) is 17.6 Å². The molecule has 1 fully saturated rings. The average molecular weight is 424 g/mol. The molecular weight excluding hydrogens is 406 g/mol. The third-order valence-corrected chi connectivity index (χ3v) is 5.90. The Hall–Kier alpha value is -2.74. The second-order valence-corrected chi connectivity index (χ2v) is 8.04.